The Morgan fingerprint density at radius 1 is 1.34 bits per heavy atom. The number of hydrogen-bond acceptors (Lipinski definition) is 6. The molecule has 8 heteroatoms. The molecule has 2 heterocycles. The summed E-state index contributed by atoms with van der Waals surface area (Å²) in [6, 6.07) is 9.64. The highest BCUT2D eigenvalue weighted by Gasteiger charge is 2.28. The van der Waals surface area contributed by atoms with Crippen LogP contribution in [0.4, 0.5) is 5.69 Å². The summed E-state index contributed by atoms with van der Waals surface area (Å²) in [5, 5.41) is 0.496. The second-order valence-electron chi connectivity index (χ2n) is 7.47. The number of carbonyl (C=O) groups is 1. The van der Waals surface area contributed by atoms with Gasteiger partial charge in [0, 0.05) is 31.7 Å². The van der Waals surface area contributed by atoms with Crippen molar-refractivity contribution in [2.75, 3.05) is 37.4 Å². The monoisotopic (exact) mass is 416 g/mol. The molecule has 1 fully saturated rings. The van der Waals surface area contributed by atoms with Crippen LogP contribution in [0.25, 0.3) is 0 Å². The summed E-state index contributed by atoms with van der Waals surface area (Å²) < 4.78 is 5.48. The molecule has 2 aromatic rings. The van der Waals surface area contributed by atoms with Gasteiger partial charge in [-0.05, 0) is 25.0 Å². The third kappa shape index (κ3) is 5.12. The number of benzene rings is 1. The lowest BCUT2D eigenvalue weighted by molar-refractivity contribution is -0.129. The first-order chi connectivity index (χ1) is 13.9. The van der Waals surface area contributed by atoms with Crippen LogP contribution < -0.4 is 15.2 Å². The number of methoxy groups -OCH3 is 1. The molecule has 1 aliphatic rings. The van der Waals surface area contributed by atoms with Crippen molar-refractivity contribution < 1.29 is 9.53 Å². The zero-order valence-electron chi connectivity index (χ0n) is 17.3. The predicted molar refractivity (Wildman–Crippen MR) is 116 cm³/mol. The van der Waals surface area contributed by atoms with E-state index < -0.39 is 0 Å². The molecule has 7 nitrogen and oxygen atoms in total. The van der Waals surface area contributed by atoms with Gasteiger partial charge in [-0.15, -0.1) is 0 Å². The maximum Gasteiger partial charge on any atom is 0.251 e. The van der Waals surface area contributed by atoms with Crippen LogP contribution >= 0.6 is 11.8 Å². The summed E-state index contributed by atoms with van der Waals surface area (Å²) in [4.78, 5) is 35.9. The molecule has 0 spiro atoms. The summed E-state index contributed by atoms with van der Waals surface area (Å²) in [5.41, 5.74) is 1.61. The average molecular weight is 417 g/mol. The Bertz CT molecular complexity index is 915. The molecule has 1 aromatic heterocycles. The summed E-state index contributed by atoms with van der Waals surface area (Å²) in [6.45, 7) is 8.14. The first-order valence-corrected chi connectivity index (χ1v) is 10.8. The zero-order valence-corrected chi connectivity index (χ0v) is 18.2. The Labute approximate surface area is 175 Å². The highest BCUT2D eigenvalue weighted by atomic mass is 32.2. The Kier molecular flexibility index (Phi) is 6.84. The van der Waals surface area contributed by atoms with E-state index >= 15 is 0 Å². The number of ether oxygens (including phenoxy) is 1. The van der Waals surface area contributed by atoms with Gasteiger partial charge in [-0.3, -0.25) is 9.59 Å². The van der Waals surface area contributed by atoms with Gasteiger partial charge in [0.1, 0.15) is 5.75 Å². The molecule has 1 aromatic carbocycles. The first-order valence-electron chi connectivity index (χ1n) is 9.80. The van der Waals surface area contributed by atoms with Gasteiger partial charge in [0.25, 0.3) is 5.56 Å². The largest absolute Gasteiger partial charge is 0.495 e. The van der Waals surface area contributed by atoms with E-state index in [-0.39, 0.29) is 29.2 Å². The van der Waals surface area contributed by atoms with Crippen LogP contribution in [0.15, 0.2) is 40.3 Å². The maximum absolute atomic E-state index is 12.7. The first kappa shape index (κ1) is 21.2. The number of rotatable bonds is 6. The van der Waals surface area contributed by atoms with E-state index in [0.717, 1.165) is 23.7 Å². The summed E-state index contributed by atoms with van der Waals surface area (Å²) >= 11 is 1.28. The van der Waals surface area contributed by atoms with Crippen molar-refractivity contribution in [3.63, 3.8) is 0 Å². The molecule has 0 bridgehead atoms. The number of H-pyrrole nitrogens is 1. The number of aromatic nitrogens is 2. The fourth-order valence-electron chi connectivity index (χ4n) is 3.45. The predicted octanol–water partition coefficient (Wildman–Crippen LogP) is 2.73. The van der Waals surface area contributed by atoms with Crippen LogP contribution in [0, 0.1) is 0 Å². The molecular weight excluding hydrogens is 388 g/mol. The molecule has 1 N–H and O–H groups in total. The normalized spacial score (nSPS) is 16.9. The van der Waals surface area contributed by atoms with Gasteiger partial charge >= 0.3 is 0 Å². The van der Waals surface area contributed by atoms with Gasteiger partial charge in [0.15, 0.2) is 5.16 Å². The third-order valence-corrected chi connectivity index (χ3v) is 5.90. The second kappa shape index (κ2) is 9.35. The van der Waals surface area contributed by atoms with E-state index in [0.29, 0.717) is 18.2 Å². The van der Waals surface area contributed by atoms with Crippen molar-refractivity contribution >= 4 is 23.4 Å². The molecule has 0 saturated carbocycles. The van der Waals surface area contributed by atoms with Gasteiger partial charge in [-0.1, -0.05) is 37.7 Å². The van der Waals surface area contributed by atoms with E-state index in [1.807, 2.05) is 43.0 Å². The smallest absolute Gasteiger partial charge is 0.251 e. The number of amides is 1. The fourth-order valence-corrected chi connectivity index (χ4v) is 4.23. The van der Waals surface area contributed by atoms with Crippen molar-refractivity contribution in [1.29, 1.82) is 0 Å². The number of aromatic amines is 1. The topological polar surface area (TPSA) is 78.5 Å². The Morgan fingerprint density at radius 2 is 2.10 bits per heavy atom. The standard InChI is InChI=1S/C21H28N4O3S/c1-14(2)16-11-19(26)23-21(22-16)29-13-20(27)24-9-10-25(15(3)12-24)17-7-5-6-8-18(17)28-4/h5-8,11,14-15H,9-10,12-13H2,1-4H3,(H,22,23,26). The van der Waals surface area contributed by atoms with E-state index in [1.54, 1.807) is 7.11 Å². The lowest BCUT2D eigenvalue weighted by Crippen LogP contribution is -2.54. The Morgan fingerprint density at radius 3 is 2.79 bits per heavy atom. The molecule has 1 unspecified atom stereocenters. The minimum Gasteiger partial charge on any atom is -0.495 e. The fraction of sp³-hybridized carbons (Fsp3) is 0.476. The van der Waals surface area contributed by atoms with Crippen LogP contribution in [0.3, 0.4) is 0 Å². The number of nitrogens with zero attached hydrogens (tertiary/aromatic N) is 3. The molecule has 1 aliphatic heterocycles. The number of carbonyl (C=O) groups excluding carboxylic acids is 1. The van der Waals surface area contributed by atoms with Crippen LogP contribution in [0.1, 0.15) is 32.4 Å². The third-order valence-electron chi connectivity index (χ3n) is 5.04. The molecule has 29 heavy (non-hydrogen) atoms. The molecule has 0 aliphatic carbocycles. The van der Waals surface area contributed by atoms with Crippen molar-refractivity contribution in [3.8, 4) is 5.75 Å². The molecule has 1 saturated heterocycles. The van der Waals surface area contributed by atoms with Crippen molar-refractivity contribution in [1.82, 2.24) is 14.9 Å². The highest BCUT2D eigenvalue weighted by Crippen LogP contribution is 2.30. The van der Waals surface area contributed by atoms with Gasteiger partial charge in [0.05, 0.1) is 24.2 Å². The Hall–Kier alpha value is -2.48. The van der Waals surface area contributed by atoms with Gasteiger partial charge in [-0.25, -0.2) is 4.98 Å². The Balaban J connectivity index is 1.60. The maximum atomic E-state index is 12.7. The van der Waals surface area contributed by atoms with E-state index in [9.17, 15) is 9.59 Å². The molecule has 0 radical (unpaired) electrons. The van der Waals surface area contributed by atoms with E-state index in [4.69, 9.17) is 4.74 Å². The summed E-state index contributed by atoms with van der Waals surface area (Å²) in [6.07, 6.45) is 0. The van der Waals surface area contributed by atoms with Gasteiger partial charge in [0.2, 0.25) is 5.91 Å². The minimum atomic E-state index is -0.183. The lowest BCUT2D eigenvalue weighted by Gasteiger charge is -2.41. The van der Waals surface area contributed by atoms with E-state index in [1.165, 1.54) is 17.8 Å². The highest BCUT2D eigenvalue weighted by molar-refractivity contribution is 7.99. The quantitative estimate of drug-likeness (QED) is 0.576. The summed E-state index contributed by atoms with van der Waals surface area (Å²) in [5.74, 6) is 1.32. The lowest BCUT2D eigenvalue weighted by atomic mass is 10.1. The molecule has 156 valence electrons. The number of piperazine rings is 1. The number of para-hydroxylation sites is 2. The van der Waals surface area contributed by atoms with Crippen LogP contribution in [0.5, 0.6) is 5.75 Å². The second-order valence-corrected chi connectivity index (χ2v) is 8.44. The average Bonchev–Trinajstić information content (AvgIpc) is 2.71. The van der Waals surface area contributed by atoms with Crippen molar-refractivity contribution in [3.05, 3.63) is 46.4 Å². The van der Waals surface area contributed by atoms with Crippen LogP contribution in [0.2, 0.25) is 0 Å². The number of hydrogen-bond donors (Lipinski definition) is 1. The number of anilines is 1. The molecular formula is C21H28N4O3S. The number of thioether (sulfide) groups is 1. The molecule has 3 rings (SSSR count). The van der Waals surface area contributed by atoms with Gasteiger partial charge < -0.3 is 19.5 Å². The zero-order chi connectivity index (χ0) is 21.0. The number of nitrogens with one attached hydrogen (secondary N) is 1. The summed E-state index contributed by atoms with van der Waals surface area (Å²) in [7, 11) is 1.67. The van der Waals surface area contributed by atoms with E-state index in [2.05, 4.69) is 21.8 Å². The van der Waals surface area contributed by atoms with Crippen molar-refractivity contribution in [2.45, 2.75) is 37.9 Å². The minimum absolute atomic E-state index is 0.0547. The van der Waals surface area contributed by atoms with Crippen LogP contribution in [-0.2, 0) is 4.79 Å². The van der Waals surface area contributed by atoms with Gasteiger partial charge in [-0.2, -0.15) is 0 Å². The molecule has 1 amide bonds. The SMILES string of the molecule is COc1ccccc1N1CCN(C(=O)CSc2nc(C(C)C)cc(=O)[nH]2)CC1C. The van der Waals surface area contributed by atoms with Crippen molar-refractivity contribution in [2.24, 2.45) is 0 Å². The molecule has 1 atom stereocenters. The van der Waals surface area contributed by atoms with Crippen LogP contribution in [-0.4, -0.2) is 59.3 Å².